The second-order valence-electron chi connectivity index (χ2n) is 7.60. The van der Waals surface area contributed by atoms with Gasteiger partial charge in [0.2, 0.25) is 5.91 Å². The van der Waals surface area contributed by atoms with Gasteiger partial charge in [-0.3, -0.25) is 9.59 Å². The van der Waals surface area contributed by atoms with Crippen LogP contribution in [0.3, 0.4) is 0 Å². The summed E-state index contributed by atoms with van der Waals surface area (Å²) in [5, 5.41) is 3.30. The number of benzene rings is 2. The molecule has 8 nitrogen and oxygen atoms in total. The van der Waals surface area contributed by atoms with Crippen molar-refractivity contribution < 1.29 is 28.5 Å². The number of morpholine rings is 1. The van der Waals surface area contributed by atoms with Crippen LogP contribution in [0.5, 0.6) is 17.2 Å². The summed E-state index contributed by atoms with van der Waals surface area (Å²) in [6, 6.07) is 8.49. The summed E-state index contributed by atoms with van der Waals surface area (Å²) in [7, 11) is 1.48. The predicted octanol–water partition coefficient (Wildman–Crippen LogP) is 4.58. The smallest absolute Gasteiger partial charge is 0.224 e. The van der Waals surface area contributed by atoms with Crippen LogP contribution >= 0.6 is 11.6 Å². The Hall–Kier alpha value is -2.97. The highest BCUT2D eigenvalue weighted by molar-refractivity contribution is 6.31. The zero-order valence-electron chi connectivity index (χ0n) is 19.8. The van der Waals surface area contributed by atoms with Crippen LogP contribution in [-0.2, 0) is 9.53 Å². The molecule has 0 unspecified atom stereocenters. The maximum absolute atomic E-state index is 12.7. The molecule has 1 amide bonds. The normalized spacial score (nSPS) is 13.4. The zero-order valence-corrected chi connectivity index (χ0v) is 20.6. The molecule has 1 saturated heterocycles. The van der Waals surface area contributed by atoms with Gasteiger partial charge < -0.3 is 29.2 Å². The molecule has 2 aromatic rings. The van der Waals surface area contributed by atoms with Crippen molar-refractivity contribution in [3.8, 4) is 17.2 Å². The Morgan fingerprint density at radius 2 is 1.71 bits per heavy atom. The average Bonchev–Trinajstić information content (AvgIpc) is 2.84. The van der Waals surface area contributed by atoms with E-state index in [4.69, 9.17) is 30.5 Å². The third-order valence-electron chi connectivity index (χ3n) is 5.33. The van der Waals surface area contributed by atoms with E-state index in [9.17, 15) is 9.59 Å². The van der Waals surface area contributed by atoms with Crippen molar-refractivity contribution >= 4 is 34.7 Å². The number of hydrogen-bond donors (Lipinski definition) is 1. The van der Waals surface area contributed by atoms with E-state index in [0.29, 0.717) is 59.9 Å². The summed E-state index contributed by atoms with van der Waals surface area (Å²) < 4.78 is 22.4. The molecule has 1 aliphatic rings. The van der Waals surface area contributed by atoms with Gasteiger partial charge in [0.15, 0.2) is 5.78 Å². The lowest BCUT2D eigenvalue weighted by Gasteiger charge is -2.31. The summed E-state index contributed by atoms with van der Waals surface area (Å²) in [5.41, 5.74) is 1.75. The molecule has 0 radical (unpaired) electrons. The average molecular weight is 491 g/mol. The van der Waals surface area contributed by atoms with Crippen LogP contribution in [0.1, 0.15) is 37.0 Å². The first-order chi connectivity index (χ1) is 16.5. The maximum Gasteiger partial charge on any atom is 0.224 e. The van der Waals surface area contributed by atoms with Gasteiger partial charge in [-0.05, 0) is 32.0 Å². The summed E-state index contributed by atoms with van der Waals surface area (Å²) in [6.45, 7) is 7.47. The summed E-state index contributed by atoms with van der Waals surface area (Å²) >= 11 is 6.02. The Balaban J connectivity index is 1.75. The number of Topliss-reactive ketones (excluding diaryl/α,β-unsaturated/α-hetero) is 1. The molecule has 0 spiro atoms. The van der Waals surface area contributed by atoms with Crippen molar-refractivity contribution in [2.45, 2.75) is 26.7 Å². The predicted molar refractivity (Wildman–Crippen MR) is 132 cm³/mol. The third kappa shape index (κ3) is 6.55. The van der Waals surface area contributed by atoms with Gasteiger partial charge in [0.25, 0.3) is 0 Å². The SMILES string of the molecule is CCOc1cc(N2CCOCC2)c(OCC)cc1NC(=O)CCC(=O)c1cc(Cl)ccc1OC. The molecule has 34 heavy (non-hydrogen) atoms. The fraction of sp³-hybridized carbons (Fsp3) is 0.440. The summed E-state index contributed by atoms with van der Waals surface area (Å²) in [5.74, 6) is 1.09. The number of rotatable bonds is 11. The minimum atomic E-state index is -0.308. The van der Waals surface area contributed by atoms with Crippen molar-refractivity contribution in [2.24, 2.45) is 0 Å². The van der Waals surface area contributed by atoms with Crippen LogP contribution in [0, 0.1) is 0 Å². The molecule has 2 aromatic carbocycles. The monoisotopic (exact) mass is 490 g/mol. The molecule has 1 heterocycles. The number of methoxy groups -OCH3 is 1. The lowest BCUT2D eigenvalue weighted by molar-refractivity contribution is -0.116. The first kappa shape index (κ1) is 25.6. The lowest BCUT2D eigenvalue weighted by Crippen LogP contribution is -2.36. The number of nitrogens with one attached hydrogen (secondary N) is 1. The first-order valence-electron chi connectivity index (χ1n) is 11.4. The van der Waals surface area contributed by atoms with Crippen LogP contribution in [-0.4, -0.2) is 58.3 Å². The molecule has 0 saturated carbocycles. The van der Waals surface area contributed by atoms with E-state index < -0.39 is 0 Å². The van der Waals surface area contributed by atoms with Crippen molar-refractivity contribution in [3.05, 3.63) is 40.9 Å². The van der Waals surface area contributed by atoms with Crippen molar-refractivity contribution in [2.75, 3.05) is 56.8 Å². The van der Waals surface area contributed by atoms with Crippen LogP contribution in [0.25, 0.3) is 0 Å². The fourth-order valence-corrected chi connectivity index (χ4v) is 3.89. The van der Waals surface area contributed by atoms with E-state index in [0.717, 1.165) is 18.8 Å². The number of anilines is 2. The highest BCUT2D eigenvalue weighted by Crippen LogP contribution is 2.39. The number of hydrogen-bond acceptors (Lipinski definition) is 7. The molecule has 0 bridgehead atoms. The third-order valence-corrected chi connectivity index (χ3v) is 5.56. The van der Waals surface area contributed by atoms with Gasteiger partial charge >= 0.3 is 0 Å². The number of carbonyl (C=O) groups excluding carboxylic acids is 2. The minimum Gasteiger partial charge on any atom is -0.496 e. The Labute approximate surface area is 205 Å². The van der Waals surface area contributed by atoms with Crippen LogP contribution < -0.4 is 24.4 Å². The fourth-order valence-electron chi connectivity index (χ4n) is 3.72. The molecule has 1 aliphatic heterocycles. The van der Waals surface area contributed by atoms with Gasteiger partial charge in [-0.15, -0.1) is 0 Å². The number of ketones is 1. The number of halogens is 1. The van der Waals surface area contributed by atoms with Crippen molar-refractivity contribution in [1.82, 2.24) is 0 Å². The molecule has 9 heteroatoms. The molecule has 1 N–H and O–H groups in total. The molecule has 0 aliphatic carbocycles. The first-order valence-corrected chi connectivity index (χ1v) is 11.8. The van der Waals surface area contributed by atoms with E-state index in [1.807, 2.05) is 19.9 Å². The molecule has 184 valence electrons. The van der Waals surface area contributed by atoms with Gasteiger partial charge in [0, 0.05) is 43.1 Å². The Bertz CT molecular complexity index is 1010. The molecule has 0 atom stereocenters. The number of nitrogens with zero attached hydrogens (tertiary/aromatic N) is 1. The quantitative estimate of drug-likeness (QED) is 0.461. The topological polar surface area (TPSA) is 86.3 Å². The van der Waals surface area contributed by atoms with Gasteiger partial charge in [0.05, 0.1) is 50.5 Å². The van der Waals surface area contributed by atoms with Crippen LogP contribution in [0.15, 0.2) is 30.3 Å². The largest absolute Gasteiger partial charge is 0.496 e. The van der Waals surface area contributed by atoms with E-state index in [2.05, 4.69) is 10.2 Å². The molecule has 3 rings (SSSR count). The van der Waals surface area contributed by atoms with Crippen molar-refractivity contribution in [1.29, 1.82) is 0 Å². The Morgan fingerprint density at radius 3 is 2.38 bits per heavy atom. The van der Waals surface area contributed by atoms with Gasteiger partial charge in [-0.2, -0.15) is 0 Å². The molecule has 1 fully saturated rings. The highest BCUT2D eigenvalue weighted by atomic mass is 35.5. The Kier molecular flexibility index (Phi) is 9.42. The molecular weight excluding hydrogens is 460 g/mol. The molecule has 0 aromatic heterocycles. The number of amides is 1. The van der Waals surface area contributed by atoms with E-state index >= 15 is 0 Å². The number of ether oxygens (including phenoxy) is 4. The lowest BCUT2D eigenvalue weighted by atomic mass is 10.1. The molecular formula is C25H31ClN2O6. The zero-order chi connectivity index (χ0) is 24.5. The summed E-state index contributed by atoms with van der Waals surface area (Å²) in [4.78, 5) is 27.6. The van der Waals surface area contributed by atoms with Gasteiger partial charge in [-0.25, -0.2) is 0 Å². The van der Waals surface area contributed by atoms with Crippen LogP contribution in [0.4, 0.5) is 11.4 Å². The van der Waals surface area contributed by atoms with E-state index in [1.54, 1.807) is 24.3 Å². The minimum absolute atomic E-state index is 0.00471. The van der Waals surface area contributed by atoms with Gasteiger partial charge in [0.1, 0.15) is 17.2 Å². The highest BCUT2D eigenvalue weighted by Gasteiger charge is 2.21. The maximum atomic E-state index is 12.7. The summed E-state index contributed by atoms with van der Waals surface area (Å²) in [6.07, 6.45) is 0.00588. The van der Waals surface area contributed by atoms with Crippen molar-refractivity contribution in [3.63, 3.8) is 0 Å². The van der Waals surface area contributed by atoms with E-state index in [-0.39, 0.29) is 24.5 Å². The van der Waals surface area contributed by atoms with Crippen LogP contribution in [0.2, 0.25) is 5.02 Å². The second-order valence-corrected chi connectivity index (χ2v) is 8.03. The standard InChI is InChI=1S/C25H31ClN2O6/c1-4-33-23-16-20(28-10-12-32-13-11-28)24(34-5-2)15-19(23)27-25(30)9-7-21(29)18-14-17(26)6-8-22(18)31-3/h6,8,14-16H,4-5,7,9-13H2,1-3H3,(H,27,30). The van der Waals surface area contributed by atoms with Gasteiger partial charge in [-0.1, -0.05) is 11.6 Å². The second kappa shape index (κ2) is 12.5. The van der Waals surface area contributed by atoms with E-state index in [1.165, 1.54) is 7.11 Å². The number of carbonyl (C=O) groups is 2. The Morgan fingerprint density at radius 1 is 1.00 bits per heavy atom.